The van der Waals surface area contributed by atoms with Crippen molar-refractivity contribution < 1.29 is 34.9 Å². The highest BCUT2D eigenvalue weighted by Crippen LogP contribution is 2.38. The summed E-state index contributed by atoms with van der Waals surface area (Å²) in [5, 5.41) is 0. The fraction of sp³-hybridized carbons (Fsp3) is 0.625. The summed E-state index contributed by atoms with van der Waals surface area (Å²) in [5.41, 5.74) is -5.58. The van der Waals surface area contributed by atoms with Gasteiger partial charge in [-0.2, -0.15) is 21.6 Å². The summed E-state index contributed by atoms with van der Waals surface area (Å²) in [7, 11) is -5.85. The van der Waals surface area contributed by atoms with Gasteiger partial charge in [0.1, 0.15) is 12.4 Å². The van der Waals surface area contributed by atoms with Crippen LogP contribution in [0.4, 0.5) is 17.6 Å². The van der Waals surface area contributed by atoms with Gasteiger partial charge in [0.15, 0.2) is 11.6 Å². The molecule has 10 heteroatoms. The molecule has 0 spiro atoms. The summed E-state index contributed by atoms with van der Waals surface area (Å²) in [6.45, 7) is 5.63. The average molecular weight is 399 g/mol. The van der Waals surface area contributed by atoms with Gasteiger partial charge in [-0.05, 0) is 44.5 Å². The maximum Gasteiger partial charge on any atom is 0.534 e. The Morgan fingerprint density at radius 2 is 1.85 bits per heavy atom. The van der Waals surface area contributed by atoms with E-state index in [0.29, 0.717) is 0 Å². The van der Waals surface area contributed by atoms with E-state index in [2.05, 4.69) is 9.08 Å². The van der Waals surface area contributed by atoms with Crippen LogP contribution in [0.25, 0.3) is 0 Å². The first-order chi connectivity index (χ1) is 12.1. The molecule has 0 radical (unpaired) electrons. The van der Waals surface area contributed by atoms with Gasteiger partial charge >= 0.3 is 15.6 Å². The van der Waals surface area contributed by atoms with Crippen molar-refractivity contribution >= 4 is 10.1 Å². The number of nitrogens with zero attached hydrogens (tertiary/aromatic N) is 1. The van der Waals surface area contributed by atoms with Gasteiger partial charge in [-0.15, -0.1) is 0 Å². The molecule has 1 heterocycles. The highest BCUT2D eigenvalue weighted by Gasteiger charge is 2.49. The van der Waals surface area contributed by atoms with Crippen molar-refractivity contribution in [1.82, 2.24) is 4.90 Å². The Bertz CT molecular complexity index is 731. The molecule has 26 heavy (non-hydrogen) atoms. The van der Waals surface area contributed by atoms with E-state index < -0.39 is 27.2 Å². The third-order valence-electron chi connectivity index (χ3n) is 4.05. The molecule has 2 rings (SSSR count). The van der Waals surface area contributed by atoms with E-state index in [1.54, 1.807) is 0 Å². The Balaban J connectivity index is 2.36. The number of rotatable bonds is 7. The number of benzene rings is 1. The molecule has 0 N–H and O–H groups in total. The fourth-order valence-corrected chi connectivity index (χ4v) is 3.42. The molecule has 0 fully saturated rings. The van der Waals surface area contributed by atoms with Gasteiger partial charge in [0.05, 0.1) is 0 Å². The summed E-state index contributed by atoms with van der Waals surface area (Å²) in [5.74, 6) is -1.59. The summed E-state index contributed by atoms with van der Waals surface area (Å²) in [6, 6.07) is 1.50. The molecule has 0 saturated heterocycles. The van der Waals surface area contributed by atoms with Crippen LogP contribution in [-0.2, 0) is 16.5 Å². The molecule has 0 saturated carbocycles. The third-order valence-corrected chi connectivity index (χ3v) is 5.02. The lowest BCUT2D eigenvalue weighted by Gasteiger charge is -2.35. The molecule has 0 amide bonds. The Hall–Kier alpha value is -1.55. The first-order valence-electron chi connectivity index (χ1n) is 8.29. The van der Waals surface area contributed by atoms with Crippen molar-refractivity contribution in [2.75, 3.05) is 19.7 Å². The maximum absolute atomic E-state index is 14.0. The van der Waals surface area contributed by atoms with Gasteiger partial charge in [0.2, 0.25) is 0 Å². The van der Waals surface area contributed by atoms with Crippen LogP contribution in [0.15, 0.2) is 12.1 Å². The van der Waals surface area contributed by atoms with E-state index in [1.807, 2.05) is 13.8 Å². The van der Waals surface area contributed by atoms with E-state index in [4.69, 9.17) is 4.74 Å². The largest absolute Gasteiger partial charge is 0.534 e. The lowest BCUT2D eigenvalue weighted by atomic mass is 9.99. The molecule has 0 aliphatic carbocycles. The lowest BCUT2D eigenvalue weighted by Crippen LogP contribution is -2.44. The molecule has 0 aromatic heterocycles. The van der Waals surface area contributed by atoms with E-state index >= 15 is 0 Å². The number of hydrogen-bond donors (Lipinski definition) is 0. The van der Waals surface area contributed by atoms with Crippen molar-refractivity contribution in [3.8, 4) is 11.5 Å². The maximum atomic E-state index is 14.0. The molecular formula is C16H21F4NO4S. The number of alkyl halides is 3. The molecular weight excluding hydrogens is 378 g/mol. The predicted molar refractivity (Wildman–Crippen MR) is 87.1 cm³/mol. The quantitative estimate of drug-likeness (QED) is 0.399. The molecule has 1 aliphatic heterocycles. The average Bonchev–Trinajstić information content (AvgIpc) is 2.56. The van der Waals surface area contributed by atoms with E-state index in [-0.39, 0.29) is 30.4 Å². The molecule has 1 aliphatic rings. The summed E-state index contributed by atoms with van der Waals surface area (Å²) < 4.78 is 84.1. The van der Waals surface area contributed by atoms with Gasteiger partial charge in [0.25, 0.3) is 0 Å². The van der Waals surface area contributed by atoms with Crippen molar-refractivity contribution in [3.05, 3.63) is 23.5 Å². The minimum Gasteiger partial charge on any atom is -0.488 e. The smallest absolute Gasteiger partial charge is 0.488 e. The van der Waals surface area contributed by atoms with Gasteiger partial charge in [-0.25, -0.2) is 4.39 Å². The van der Waals surface area contributed by atoms with E-state index in [1.165, 1.54) is 0 Å². The van der Waals surface area contributed by atoms with Crippen molar-refractivity contribution in [2.24, 2.45) is 0 Å². The first-order valence-corrected chi connectivity index (χ1v) is 9.70. The molecule has 1 aromatic rings. The van der Waals surface area contributed by atoms with Crippen LogP contribution >= 0.6 is 0 Å². The minimum absolute atomic E-state index is 0.00807. The molecule has 5 nitrogen and oxygen atoms in total. The topological polar surface area (TPSA) is 55.8 Å². The van der Waals surface area contributed by atoms with Crippen LogP contribution in [0.5, 0.6) is 11.5 Å². The SMILES string of the molecule is CCCN(CCC)C1COc2c(F)ccc(OS(=O)(=O)C(F)(F)F)c2C1. The number of hydrogen-bond acceptors (Lipinski definition) is 5. The fourth-order valence-electron chi connectivity index (χ4n) is 2.93. The zero-order chi connectivity index (χ0) is 19.5. The van der Waals surface area contributed by atoms with Gasteiger partial charge in [0, 0.05) is 11.6 Å². The Labute approximate surface area is 150 Å². The van der Waals surface area contributed by atoms with E-state index in [0.717, 1.165) is 38.1 Å². The van der Waals surface area contributed by atoms with Crippen molar-refractivity contribution in [2.45, 2.75) is 44.7 Å². The monoisotopic (exact) mass is 399 g/mol. The predicted octanol–water partition coefficient (Wildman–Crippen LogP) is 3.48. The Morgan fingerprint density at radius 1 is 1.23 bits per heavy atom. The zero-order valence-corrected chi connectivity index (χ0v) is 15.3. The lowest BCUT2D eigenvalue weighted by molar-refractivity contribution is -0.0500. The third kappa shape index (κ3) is 4.40. The van der Waals surface area contributed by atoms with E-state index in [9.17, 15) is 26.0 Å². The molecule has 148 valence electrons. The molecule has 1 unspecified atom stereocenters. The molecule has 0 bridgehead atoms. The summed E-state index contributed by atoms with van der Waals surface area (Å²) in [6.07, 6.45) is 1.85. The molecule has 1 aromatic carbocycles. The normalized spacial score (nSPS) is 17.7. The highest BCUT2D eigenvalue weighted by molar-refractivity contribution is 7.88. The first kappa shape index (κ1) is 20.8. The summed E-state index contributed by atoms with van der Waals surface area (Å²) in [4.78, 5) is 2.09. The van der Waals surface area contributed by atoms with Crippen LogP contribution in [0.2, 0.25) is 0 Å². The van der Waals surface area contributed by atoms with Crippen LogP contribution in [-0.4, -0.2) is 44.6 Å². The van der Waals surface area contributed by atoms with Crippen molar-refractivity contribution in [3.63, 3.8) is 0 Å². The Morgan fingerprint density at radius 3 is 2.38 bits per heavy atom. The number of ether oxygens (including phenoxy) is 1. The van der Waals surface area contributed by atoms with Crippen molar-refractivity contribution in [1.29, 1.82) is 0 Å². The summed E-state index contributed by atoms with van der Waals surface area (Å²) >= 11 is 0. The van der Waals surface area contributed by atoms with Crippen LogP contribution in [0.3, 0.4) is 0 Å². The van der Waals surface area contributed by atoms with Crippen LogP contribution < -0.4 is 8.92 Å². The second kappa shape index (κ2) is 7.99. The minimum atomic E-state index is -5.85. The Kier molecular flexibility index (Phi) is 6.38. The van der Waals surface area contributed by atoms with Gasteiger partial charge in [-0.3, -0.25) is 4.90 Å². The highest BCUT2D eigenvalue weighted by atomic mass is 32.2. The van der Waals surface area contributed by atoms with Gasteiger partial charge in [-0.1, -0.05) is 13.8 Å². The second-order valence-corrected chi connectivity index (χ2v) is 7.58. The second-order valence-electron chi connectivity index (χ2n) is 6.04. The van der Waals surface area contributed by atoms with Crippen LogP contribution in [0, 0.1) is 5.82 Å². The van der Waals surface area contributed by atoms with Crippen LogP contribution in [0.1, 0.15) is 32.3 Å². The molecule has 1 atom stereocenters. The number of fused-ring (bicyclic) bond motifs is 1. The zero-order valence-electron chi connectivity index (χ0n) is 14.5. The van der Waals surface area contributed by atoms with Gasteiger partial charge < -0.3 is 8.92 Å². The standard InChI is InChI=1S/C16H21F4NO4S/c1-3-7-21(8-4-2)11-9-12-14(25-26(22,23)16(18,19)20)6-5-13(17)15(12)24-10-11/h5-6,11H,3-4,7-10H2,1-2H3. The number of halogens is 4.